The summed E-state index contributed by atoms with van der Waals surface area (Å²) < 4.78 is 25.4. The molecule has 0 radical (unpaired) electrons. The second kappa shape index (κ2) is 11.5. The van der Waals surface area contributed by atoms with Crippen molar-refractivity contribution < 1.29 is 18.7 Å². The lowest BCUT2D eigenvalue weighted by atomic mass is 9.90. The van der Waals surface area contributed by atoms with Crippen molar-refractivity contribution in [1.82, 2.24) is 10.2 Å². The van der Waals surface area contributed by atoms with E-state index in [4.69, 9.17) is 9.47 Å². The first-order valence-electron chi connectivity index (χ1n) is 10.2. The molecule has 1 aromatic carbocycles. The van der Waals surface area contributed by atoms with Crippen molar-refractivity contribution in [3.63, 3.8) is 0 Å². The molecule has 5 nitrogen and oxygen atoms in total. The molecule has 3 rings (SSSR count). The lowest BCUT2D eigenvalue weighted by Gasteiger charge is -2.34. The summed E-state index contributed by atoms with van der Waals surface area (Å²) in [7, 11) is 0. The van der Waals surface area contributed by atoms with Gasteiger partial charge in [-0.1, -0.05) is 26.2 Å². The van der Waals surface area contributed by atoms with Crippen LogP contribution < -0.4 is 10.1 Å². The van der Waals surface area contributed by atoms with Crippen LogP contribution in [0.1, 0.15) is 51.0 Å². The maximum atomic E-state index is 14.1. The van der Waals surface area contributed by atoms with Gasteiger partial charge in [0.25, 0.3) is 0 Å². The van der Waals surface area contributed by atoms with Crippen molar-refractivity contribution in [2.75, 3.05) is 26.2 Å². The number of hydrogen-bond acceptors (Lipinski definition) is 4. The first kappa shape index (κ1) is 22.8. The summed E-state index contributed by atoms with van der Waals surface area (Å²) in [5, 5.41) is 3.28. The molecule has 0 spiro atoms. The van der Waals surface area contributed by atoms with Gasteiger partial charge in [-0.05, 0) is 43.4 Å². The van der Waals surface area contributed by atoms with Gasteiger partial charge in [0.1, 0.15) is 18.2 Å². The Labute approximate surface area is 173 Å². The molecule has 2 fully saturated rings. The number of amides is 1. The largest absolute Gasteiger partial charge is 0.493 e. The minimum atomic E-state index is -0.378. The molecule has 1 aromatic rings. The number of ether oxygens (including phenoxy) is 2. The molecule has 1 amide bonds. The van der Waals surface area contributed by atoms with Crippen LogP contribution in [-0.4, -0.2) is 43.3 Å². The smallest absolute Gasteiger partial charge is 0.410 e. The molecule has 1 aliphatic carbocycles. The van der Waals surface area contributed by atoms with Gasteiger partial charge in [0.05, 0.1) is 6.61 Å². The average Bonchev–Trinajstić information content (AvgIpc) is 2.72. The number of carbonyl (C=O) groups excluding carboxylic acids is 1. The predicted molar refractivity (Wildman–Crippen MR) is 110 cm³/mol. The van der Waals surface area contributed by atoms with Crippen molar-refractivity contribution in [1.29, 1.82) is 0 Å². The van der Waals surface area contributed by atoms with Crippen LogP contribution in [0.4, 0.5) is 9.18 Å². The lowest BCUT2D eigenvalue weighted by Crippen LogP contribution is -2.53. The van der Waals surface area contributed by atoms with E-state index in [-0.39, 0.29) is 37.0 Å². The second-order valence-corrected chi connectivity index (χ2v) is 7.58. The van der Waals surface area contributed by atoms with Gasteiger partial charge in [0.2, 0.25) is 0 Å². The minimum absolute atomic E-state index is 0. The van der Waals surface area contributed by atoms with Crippen LogP contribution >= 0.6 is 12.4 Å². The number of piperazine rings is 1. The van der Waals surface area contributed by atoms with Gasteiger partial charge in [-0.3, -0.25) is 0 Å². The number of carbonyl (C=O) groups is 1. The standard InChI is InChI=1S/C21H31FN2O3.ClH/c1-2-18-13-23-10-11-24(18)21(25)27-15-17-12-19(8-9-20(17)22)26-14-16-6-4-3-5-7-16;/h8-9,12,16,18,23H,2-7,10-11,13-15H2,1H3;1H/t18-;/m1./s1. The van der Waals surface area contributed by atoms with Crippen molar-refractivity contribution in [2.45, 2.75) is 58.1 Å². The van der Waals surface area contributed by atoms with E-state index in [1.54, 1.807) is 17.0 Å². The zero-order valence-electron chi connectivity index (χ0n) is 16.6. The van der Waals surface area contributed by atoms with E-state index in [2.05, 4.69) is 5.32 Å². The van der Waals surface area contributed by atoms with Gasteiger partial charge >= 0.3 is 6.09 Å². The van der Waals surface area contributed by atoms with Gasteiger partial charge in [0, 0.05) is 31.2 Å². The third-order valence-corrected chi connectivity index (χ3v) is 5.63. The van der Waals surface area contributed by atoms with E-state index in [0.717, 1.165) is 19.5 Å². The summed E-state index contributed by atoms with van der Waals surface area (Å²) in [6.07, 6.45) is 6.74. The molecule has 0 bridgehead atoms. The first-order chi connectivity index (χ1) is 13.2. The van der Waals surface area contributed by atoms with Crippen LogP contribution in [-0.2, 0) is 11.3 Å². The van der Waals surface area contributed by atoms with E-state index >= 15 is 0 Å². The molecular weight excluding hydrogens is 383 g/mol. The molecular formula is C21H32ClFN2O3. The molecule has 2 aliphatic rings. The Balaban J connectivity index is 0.00000280. The molecule has 1 N–H and O–H groups in total. The van der Waals surface area contributed by atoms with Crippen molar-refractivity contribution in [2.24, 2.45) is 5.92 Å². The van der Waals surface area contributed by atoms with Crippen LogP contribution in [0.2, 0.25) is 0 Å². The Morgan fingerprint density at radius 2 is 2.07 bits per heavy atom. The second-order valence-electron chi connectivity index (χ2n) is 7.58. The predicted octanol–water partition coefficient (Wildman–Crippen LogP) is 4.53. The fraction of sp³-hybridized carbons (Fsp3) is 0.667. The van der Waals surface area contributed by atoms with E-state index in [1.807, 2.05) is 6.92 Å². The number of hydrogen-bond donors (Lipinski definition) is 1. The Hall–Kier alpha value is -1.53. The first-order valence-corrected chi connectivity index (χ1v) is 10.2. The number of nitrogens with one attached hydrogen (secondary N) is 1. The molecule has 1 saturated carbocycles. The fourth-order valence-corrected chi connectivity index (χ4v) is 3.91. The van der Waals surface area contributed by atoms with Gasteiger partial charge in [-0.25, -0.2) is 9.18 Å². The van der Waals surface area contributed by atoms with Crippen molar-refractivity contribution >= 4 is 18.5 Å². The van der Waals surface area contributed by atoms with Gasteiger partial charge in [-0.2, -0.15) is 0 Å². The molecule has 1 atom stereocenters. The zero-order valence-corrected chi connectivity index (χ0v) is 17.4. The van der Waals surface area contributed by atoms with Crippen LogP contribution in [0.3, 0.4) is 0 Å². The van der Waals surface area contributed by atoms with Gasteiger partial charge in [-0.15, -0.1) is 12.4 Å². The van der Waals surface area contributed by atoms with Crippen LogP contribution in [0.15, 0.2) is 18.2 Å². The summed E-state index contributed by atoms with van der Waals surface area (Å²) in [5.74, 6) is 0.852. The molecule has 1 aliphatic heterocycles. The monoisotopic (exact) mass is 414 g/mol. The number of nitrogens with zero attached hydrogens (tertiary/aromatic N) is 1. The molecule has 158 valence electrons. The number of rotatable bonds is 6. The average molecular weight is 415 g/mol. The lowest BCUT2D eigenvalue weighted by molar-refractivity contribution is 0.0705. The molecule has 0 unspecified atom stereocenters. The molecule has 7 heteroatoms. The van der Waals surface area contributed by atoms with E-state index < -0.39 is 0 Å². The Kier molecular flexibility index (Phi) is 9.32. The van der Waals surface area contributed by atoms with E-state index in [9.17, 15) is 9.18 Å². The van der Waals surface area contributed by atoms with Gasteiger partial charge in [0.15, 0.2) is 0 Å². The van der Waals surface area contributed by atoms with E-state index in [1.165, 1.54) is 38.2 Å². The van der Waals surface area contributed by atoms with E-state index in [0.29, 0.717) is 30.4 Å². The SMILES string of the molecule is CC[C@@H]1CNCCN1C(=O)OCc1cc(OCC2CCCCC2)ccc1F.Cl. The van der Waals surface area contributed by atoms with Crippen LogP contribution in [0.25, 0.3) is 0 Å². The summed E-state index contributed by atoms with van der Waals surface area (Å²) in [4.78, 5) is 14.1. The maximum absolute atomic E-state index is 14.1. The molecule has 0 aromatic heterocycles. The number of benzene rings is 1. The molecule has 1 heterocycles. The molecule has 1 saturated heterocycles. The fourth-order valence-electron chi connectivity index (χ4n) is 3.91. The summed E-state index contributed by atoms with van der Waals surface area (Å²) in [5.41, 5.74) is 0.354. The highest BCUT2D eigenvalue weighted by Gasteiger charge is 2.26. The topological polar surface area (TPSA) is 50.8 Å². The van der Waals surface area contributed by atoms with Crippen molar-refractivity contribution in [3.05, 3.63) is 29.6 Å². The maximum Gasteiger partial charge on any atom is 0.410 e. The Morgan fingerprint density at radius 3 is 2.82 bits per heavy atom. The summed E-state index contributed by atoms with van der Waals surface area (Å²) >= 11 is 0. The Morgan fingerprint density at radius 1 is 1.29 bits per heavy atom. The summed E-state index contributed by atoms with van der Waals surface area (Å²) in [6, 6.07) is 4.81. The summed E-state index contributed by atoms with van der Waals surface area (Å²) in [6.45, 7) is 4.78. The Bertz CT molecular complexity index is 626. The third kappa shape index (κ3) is 6.24. The molecule has 28 heavy (non-hydrogen) atoms. The number of halogens is 2. The highest BCUT2D eigenvalue weighted by Crippen LogP contribution is 2.25. The van der Waals surface area contributed by atoms with Crippen LogP contribution in [0, 0.1) is 11.7 Å². The highest BCUT2D eigenvalue weighted by atomic mass is 35.5. The highest BCUT2D eigenvalue weighted by molar-refractivity contribution is 5.85. The van der Waals surface area contributed by atoms with Crippen molar-refractivity contribution in [3.8, 4) is 5.75 Å². The van der Waals surface area contributed by atoms with Gasteiger partial charge < -0.3 is 19.7 Å². The van der Waals surface area contributed by atoms with Crippen LogP contribution in [0.5, 0.6) is 5.75 Å². The minimum Gasteiger partial charge on any atom is -0.493 e. The third-order valence-electron chi connectivity index (χ3n) is 5.63. The quantitative estimate of drug-likeness (QED) is 0.743. The zero-order chi connectivity index (χ0) is 19.1. The normalized spacial score (nSPS) is 20.4.